The molecule has 0 bridgehead atoms. The third-order valence-electron chi connectivity index (χ3n) is 5.20. The van der Waals surface area contributed by atoms with Crippen LogP contribution in [0.25, 0.3) is 11.0 Å². The van der Waals surface area contributed by atoms with Crippen LogP contribution in [0.15, 0.2) is 54.3 Å². The average Bonchev–Trinajstić information content (AvgIpc) is 3.16. The van der Waals surface area contributed by atoms with Crippen molar-refractivity contribution in [1.29, 1.82) is 0 Å². The van der Waals surface area contributed by atoms with Gasteiger partial charge in [-0.1, -0.05) is 30.2 Å². The number of aliphatic hydroxyl groups excluding tert-OH is 1. The number of carbonyl (C=O) groups is 1. The van der Waals surface area contributed by atoms with Gasteiger partial charge in [-0.2, -0.15) is 0 Å². The molecular formula is C23H28ClN3O3. The largest absolute Gasteiger partial charge is 0.499 e. The fourth-order valence-corrected chi connectivity index (χ4v) is 3.89. The Balaban J connectivity index is 1.58. The number of halogens is 1. The van der Waals surface area contributed by atoms with E-state index in [0.29, 0.717) is 10.6 Å². The number of rotatable bonds is 8. The maximum atomic E-state index is 12.7. The van der Waals surface area contributed by atoms with Crippen molar-refractivity contribution < 1.29 is 14.6 Å². The molecule has 1 amide bonds. The normalized spacial score (nSPS) is 20.3. The molecule has 0 spiro atoms. The number of nitrogens with one attached hydrogen (secondary N) is 2. The minimum absolute atomic E-state index is 0.0271. The number of imidazole rings is 1. The van der Waals surface area contributed by atoms with Gasteiger partial charge < -0.3 is 20.1 Å². The average molecular weight is 430 g/mol. The number of H-pyrrole nitrogens is 1. The van der Waals surface area contributed by atoms with Crippen molar-refractivity contribution in [3.8, 4) is 0 Å². The highest BCUT2D eigenvalue weighted by Crippen LogP contribution is 2.33. The van der Waals surface area contributed by atoms with E-state index in [0.717, 1.165) is 42.5 Å². The molecule has 0 aliphatic heterocycles. The van der Waals surface area contributed by atoms with Crippen molar-refractivity contribution in [2.45, 2.75) is 44.6 Å². The molecule has 0 saturated heterocycles. The van der Waals surface area contributed by atoms with Gasteiger partial charge in [0.2, 0.25) is 0 Å². The molecule has 30 heavy (non-hydrogen) atoms. The Morgan fingerprint density at radius 1 is 1.40 bits per heavy atom. The zero-order valence-electron chi connectivity index (χ0n) is 17.1. The molecule has 1 aliphatic carbocycles. The Morgan fingerprint density at radius 2 is 2.27 bits per heavy atom. The Hall–Kier alpha value is -2.57. The third kappa shape index (κ3) is 5.97. The first-order valence-corrected chi connectivity index (χ1v) is 10.7. The summed E-state index contributed by atoms with van der Waals surface area (Å²) >= 11 is 6.08. The Bertz CT molecular complexity index is 948. The maximum Gasteiger partial charge on any atom is 0.251 e. The summed E-state index contributed by atoms with van der Waals surface area (Å²) in [5, 5.41) is 12.5. The number of allylic oxidation sites excluding steroid dienone is 3. The van der Waals surface area contributed by atoms with Crippen LogP contribution in [0.3, 0.4) is 0 Å². The molecule has 2 aromatic rings. The van der Waals surface area contributed by atoms with Gasteiger partial charge in [0.25, 0.3) is 5.91 Å². The van der Waals surface area contributed by atoms with Crippen LogP contribution in [0.1, 0.15) is 44.3 Å². The number of aliphatic hydroxyl groups is 1. The summed E-state index contributed by atoms with van der Waals surface area (Å²) in [5.41, 5.74) is 2.46. The number of fused-ring (bicyclic) bond motifs is 1. The second-order valence-electron chi connectivity index (χ2n) is 7.34. The van der Waals surface area contributed by atoms with Crippen molar-refractivity contribution in [1.82, 2.24) is 15.3 Å². The van der Waals surface area contributed by atoms with Crippen molar-refractivity contribution in [2.24, 2.45) is 0 Å². The Labute approximate surface area is 181 Å². The van der Waals surface area contributed by atoms with Gasteiger partial charge in [0.15, 0.2) is 0 Å². The zero-order valence-corrected chi connectivity index (χ0v) is 17.9. The Morgan fingerprint density at radius 3 is 3.07 bits per heavy atom. The lowest BCUT2D eigenvalue weighted by Gasteiger charge is -2.28. The fraction of sp³-hybridized carbons (Fsp3) is 0.391. The SMILES string of the molecule is C\C=C(/C=C\C=C\OCCO)C(=O)NC1CCC[C@H](c2nc3ccc(Cl)cc3[nH]2)C1. The van der Waals surface area contributed by atoms with E-state index >= 15 is 0 Å². The quantitative estimate of drug-likeness (QED) is 0.251. The van der Waals surface area contributed by atoms with Crippen LogP contribution in [0.5, 0.6) is 0 Å². The minimum Gasteiger partial charge on any atom is -0.499 e. The summed E-state index contributed by atoms with van der Waals surface area (Å²) in [5.74, 6) is 1.16. The predicted molar refractivity (Wildman–Crippen MR) is 119 cm³/mol. The highest BCUT2D eigenvalue weighted by atomic mass is 35.5. The van der Waals surface area contributed by atoms with Crippen molar-refractivity contribution in [3.63, 3.8) is 0 Å². The highest BCUT2D eigenvalue weighted by molar-refractivity contribution is 6.31. The lowest BCUT2D eigenvalue weighted by Crippen LogP contribution is -2.38. The number of aromatic amines is 1. The molecule has 3 rings (SSSR count). The molecule has 1 heterocycles. The van der Waals surface area contributed by atoms with Crippen molar-refractivity contribution in [2.75, 3.05) is 13.2 Å². The molecule has 1 unspecified atom stereocenters. The van der Waals surface area contributed by atoms with Gasteiger partial charge in [0.1, 0.15) is 12.4 Å². The van der Waals surface area contributed by atoms with Gasteiger partial charge in [-0.3, -0.25) is 4.79 Å². The van der Waals surface area contributed by atoms with Crippen LogP contribution in [-0.2, 0) is 9.53 Å². The van der Waals surface area contributed by atoms with Crippen molar-refractivity contribution in [3.05, 3.63) is 65.2 Å². The number of hydrogen-bond donors (Lipinski definition) is 3. The van der Waals surface area contributed by atoms with Gasteiger partial charge >= 0.3 is 0 Å². The molecule has 6 nitrogen and oxygen atoms in total. The molecule has 1 saturated carbocycles. The second-order valence-corrected chi connectivity index (χ2v) is 7.78. The number of ether oxygens (including phenoxy) is 1. The van der Waals surface area contributed by atoms with Crippen molar-refractivity contribution >= 4 is 28.5 Å². The van der Waals surface area contributed by atoms with Gasteiger partial charge in [-0.15, -0.1) is 0 Å². The molecule has 0 radical (unpaired) electrons. The van der Waals surface area contributed by atoms with E-state index in [1.165, 1.54) is 6.26 Å². The van der Waals surface area contributed by atoms with E-state index in [4.69, 9.17) is 26.4 Å². The van der Waals surface area contributed by atoms with Gasteiger partial charge in [0.05, 0.1) is 23.9 Å². The van der Waals surface area contributed by atoms with Gasteiger partial charge in [0, 0.05) is 22.6 Å². The molecule has 1 aromatic heterocycles. The van der Waals surface area contributed by atoms with Gasteiger partial charge in [-0.05, 0) is 56.5 Å². The van der Waals surface area contributed by atoms with E-state index in [1.807, 2.05) is 25.1 Å². The highest BCUT2D eigenvalue weighted by Gasteiger charge is 2.26. The zero-order chi connectivity index (χ0) is 21.3. The first-order valence-electron chi connectivity index (χ1n) is 10.3. The van der Waals surface area contributed by atoms with Crippen LogP contribution < -0.4 is 5.32 Å². The summed E-state index contributed by atoms with van der Waals surface area (Å²) < 4.78 is 5.04. The summed E-state index contributed by atoms with van der Waals surface area (Å²) in [4.78, 5) is 20.8. The van der Waals surface area contributed by atoms with Crippen LogP contribution in [0, 0.1) is 0 Å². The standard InChI is InChI=1S/C23H28ClN3O3/c1-2-16(6-3-4-12-30-13-11-28)23(29)25-19-8-5-7-17(14-19)22-26-20-10-9-18(24)15-21(20)27-22/h2-4,6,9-10,12,15,17,19,28H,5,7-8,11,13-14H2,1H3,(H,25,29)(H,26,27)/b6-3-,12-4+,16-2+/t17-,19?/m0/s1. The summed E-state index contributed by atoms with van der Waals surface area (Å²) in [6.45, 7) is 2.07. The van der Waals surface area contributed by atoms with Crippen LogP contribution in [0.4, 0.5) is 0 Å². The van der Waals surface area contributed by atoms with E-state index in [9.17, 15) is 4.79 Å². The molecule has 1 aromatic carbocycles. The minimum atomic E-state index is -0.0829. The fourth-order valence-electron chi connectivity index (χ4n) is 3.72. The molecular weight excluding hydrogens is 402 g/mol. The van der Waals surface area contributed by atoms with Crippen LogP contribution in [0.2, 0.25) is 5.02 Å². The molecule has 1 aliphatic rings. The molecule has 1 fully saturated rings. The molecule has 160 valence electrons. The second kappa shape index (κ2) is 11.0. The van der Waals surface area contributed by atoms with E-state index in [2.05, 4.69) is 10.3 Å². The smallest absolute Gasteiger partial charge is 0.251 e. The first kappa shape index (κ1) is 22.1. The number of nitrogens with zero attached hydrogens (tertiary/aromatic N) is 1. The number of hydrogen-bond acceptors (Lipinski definition) is 4. The predicted octanol–water partition coefficient (Wildman–Crippen LogP) is 4.38. The number of amides is 1. The lowest BCUT2D eigenvalue weighted by atomic mass is 9.85. The first-order chi connectivity index (χ1) is 14.6. The lowest BCUT2D eigenvalue weighted by molar-refractivity contribution is -0.118. The summed E-state index contributed by atoms with van der Waals surface area (Å²) in [6.07, 6.45) is 12.4. The molecule has 3 N–H and O–H groups in total. The topological polar surface area (TPSA) is 87.2 Å². The molecule has 2 atom stereocenters. The molecule has 7 heteroatoms. The van der Waals surface area contributed by atoms with E-state index in [-0.39, 0.29) is 31.1 Å². The van der Waals surface area contributed by atoms with Crippen LogP contribution in [-0.4, -0.2) is 40.2 Å². The monoisotopic (exact) mass is 429 g/mol. The maximum absolute atomic E-state index is 12.7. The number of aromatic nitrogens is 2. The Kier molecular flexibility index (Phi) is 8.11. The van der Waals surface area contributed by atoms with E-state index < -0.39 is 0 Å². The van der Waals surface area contributed by atoms with E-state index in [1.54, 1.807) is 24.3 Å². The van der Waals surface area contributed by atoms with Gasteiger partial charge in [-0.25, -0.2) is 4.98 Å². The van der Waals surface area contributed by atoms with Crippen LogP contribution >= 0.6 is 11.6 Å². The summed E-state index contributed by atoms with van der Waals surface area (Å²) in [6, 6.07) is 5.77. The third-order valence-corrected chi connectivity index (χ3v) is 5.44. The number of benzene rings is 1. The number of carbonyl (C=O) groups excluding carboxylic acids is 1. The summed E-state index contributed by atoms with van der Waals surface area (Å²) in [7, 11) is 0.